The Labute approximate surface area is 387 Å². The Bertz CT molecular complexity index is 1280. The van der Waals surface area contributed by atoms with E-state index in [-0.39, 0.29) is 37.5 Å². The van der Waals surface area contributed by atoms with Crippen LogP contribution in [0.25, 0.3) is 0 Å². The minimum Gasteiger partial charge on any atom is -0.462 e. The second-order valence-electron chi connectivity index (χ2n) is 16.7. The van der Waals surface area contributed by atoms with Crippen molar-refractivity contribution in [1.82, 2.24) is 0 Å². The van der Waals surface area contributed by atoms with Crippen molar-refractivity contribution in [2.45, 2.75) is 232 Å². The average molecular weight is 875 g/mol. The number of hydrogen-bond donors (Lipinski definition) is 0. The van der Waals surface area contributed by atoms with Gasteiger partial charge in [0.25, 0.3) is 0 Å². The van der Waals surface area contributed by atoms with E-state index < -0.39 is 6.10 Å². The molecule has 1 unspecified atom stereocenters. The first-order valence-corrected chi connectivity index (χ1v) is 25.8. The molecule has 63 heavy (non-hydrogen) atoms. The fourth-order valence-electron chi connectivity index (χ4n) is 6.84. The number of allylic oxidation sites excluding steroid dienone is 16. The van der Waals surface area contributed by atoms with Crippen LogP contribution in [-0.4, -0.2) is 37.2 Å². The quantitative estimate of drug-likeness (QED) is 0.0199. The molecule has 0 aromatic carbocycles. The van der Waals surface area contributed by atoms with E-state index in [1.54, 1.807) is 0 Å². The molecule has 0 amide bonds. The van der Waals surface area contributed by atoms with Crippen molar-refractivity contribution >= 4 is 17.9 Å². The number of unbranched alkanes of at least 4 members (excludes halogenated alkanes) is 20. The lowest BCUT2D eigenvalue weighted by Crippen LogP contribution is -2.30. The lowest BCUT2D eigenvalue weighted by Gasteiger charge is -2.18. The molecule has 0 rings (SSSR count). The predicted octanol–water partition coefficient (Wildman–Crippen LogP) is 17.0. The van der Waals surface area contributed by atoms with Crippen LogP contribution in [0.15, 0.2) is 97.2 Å². The Morgan fingerprint density at radius 1 is 0.349 bits per heavy atom. The third-order valence-electron chi connectivity index (χ3n) is 10.7. The minimum absolute atomic E-state index is 0.105. The zero-order chi connectivity index (χ0) is 45.8. The highest BCUT2D eigenvalue weighted by Crippen LogP contribution is 2.15. The van der Waals surface area contributed by atoms with Crippen LogP contribution in [-0.2, 0) is 28.6 Å². The number of rotatable bonds is 45. The first kappa shape index (κ1) is 59.3. The molecule has 0 fully saturated rings. The average Bonchev–Trinajstić information content (AvgIpc) is 3.28. The maximum Gasteiger partial charge on any atom is 0.306 e. The van der Waals surface area contributed by atoms with Crippen molar-refractivity contribution in [2.24, 2.45) is 0 Å². The summed E-state index contributed by atoms with van der Waals surface area (Å²) in [5.41, 5.74) is 0. The fraction of sp³-hybridized carbons (Fsp3) is 0.667. The van der Waals surface area contributed by atoms with E-state index in [1.807, 2.05) is 12.2 Å². The first-order chi connectivity index (χ1) is 31.0. The summed E-state index contributed by atoms with van der Waals surface area (Å²) in [4.78, 5) is 38.0. The number of carbonyl (C=O) groups excluding carboxylic acids is 3. The second-order valence-corrected chi connectivity index (χ2v) is 16.7. The zero-order valence-corrected chi connectivity index (χ0v) is 40.8. The van der Waals surface area contributed by atoms with E-state index in [0.717, 1.165) is 89.9 Å². The first-order valence-electron chi connectivity index (χ1n) is 25.8. The van der Waals surface area contributed by atoms with Gasteiger partial charge in [-0.25, -0.2) is 0 Å². The highest BCUT2D eigenvalue weighted by atomic mass is 16.6. The van der Waals surface area contributed by atoms with Crippen LogP contribution < -0.4 is 0 Å². The minimum atomic E-state index is -0.812. The van der Waals surface area contributed by atoms with Gasteiger partial charge in [0.1, 0.15) is 13.2 Å². The molecule has 358 valence electrons. The lowest BCUT2D eigenvalue weighted by atomic mass is 10.0. The van der Waals surface area contributed by atoms with Crippen molar-refractivity contribution in [3.8, 4) is 0 Å². The smallest absolute Gasteiger partial charge is 0.306 e. The Kier molecular flexibility index (Phi) is 48.0. The molecule has 0 saturated carbocycles. The number of carbonyl (C=O) groups is 3. The Balaban J connectivity index is 4.51. The molecule has 0 radical (unpaired) electrons. The van der Waals surface area contributed by atoms with Crippen LogP contribution in [0.4, 0.5) is 0 Å². The van der Waals surface area contributed by atoms with E-state index in [1.165, 1.54) is 89.9 Å². The van der Waals surface area contributed by atoms with E-state index >= 15 is 0 Å². The fourth-order valence-corrected chi connectivity index (χ4v) is 6.84. The van der Waals surface area contributed by atoms with Gasteiger partial charge < -0.3 is 14.2 Å². The van der Waals surface area contributed by atoms with Gasteiger partial charge in [-0.3, -0.25) is 14.4 Å². The van der Waals surface area contributed by atoms with E-state index in [4.69, 9.17) is 14.2 Å². The van der Waals surface area contributed by atoms with Gasteiger partial charge in [-0.1, -0.05) is 234 Å². The summed E-state index contributed by atoms with van der Waals surface area (Å²) in [6, 6.07) is 0. The SMILES string of the molecule is CC\C=C/C=C\C=C/CCCCCCCCCC(=O)OC(COC(=O)CC/C=C\C/C=C\C/C=C\C/C=C\C/C=C\CC)COC(=O)CCCCCCCCCCCCCCCC. The Morgan fingerprint density at radius 2 is 0.730 bits per heavy atom. The monoisotopic (exact) mass is 875 g/mol. The molecule has 0 aliphatic heterocycles. The summed E-state index contributed by atoms with van der Waals surface area (Å²) in [5, 5.41) is 0. The number of ether oxygens (including phenoxy) is 3. The van der Waals surface area contributed by atoms with Gasteiger partial charge >= 0.3 is 17.9 Å². The summed E-state index contributed by atoms with van der Waals surface area (Å²) in [6.45, 7) is 6.32. The molecule has 6 heteroatoms. The van der Waals surface area contributed by atoms with Gasteiger partial charge in [0.2, 0.25) is 0 Å². The molecule has 0 aromatic heterocycles. The zero-order valence-electron chi connectivity index (χ0n) is 40.8. The van der Waals surface area contributed by atoms with Crippen molar-refractivity contribution in [3.05, 3.63) is 97.2 Å². The molecule has 0 N–H and O–H groups in total. The normalized spacial score (nSPS) is 12.9. The summed E-state index contributed by atoms with van der Waals surface area (Å²) in [5.74, 6) is -1.01. The summed E-state index contributed by atoms with van der Waals surface area (Å²) >= 11 is 0. The molecule has 0 heterocycles. The number of esters is 3. The maximum atomic E-state index is 12.8. The van der Waals surface area contributed by atoms with Gasteiger partial charge in [0, 0.05) is 19.3 Å². The third kappa shape index (κ3) is 49.2. The van der Waals surface area contributed by atoms with Crippen LogP contribution in [0.1, 0.15) is 226 Å². The standard InChI is InChI=1S/C57H94O6/c1-4-7-10-13-16-19-22-25-28-30-32-35-38-41-44-47-50-56(59)62-53-54(52-61-55(58)49-46-43-40-37-34-31-27-24-21-18-15-12-9-6-3)63-57(60)51-48-45-42-39-36-33-29-26-23-20-17-14-11-8-5-2/h7-8,10-11,14,16-17,19-20,23,25,28,32,35,41,44,54H,4-6,9,12-13,15,18,21-22,24,26-27,29-31,33-34,36-40,42-43,45-53H2,1-3H3/b10-7-,11-8-,17-14-,19-16-,23-20-,28-25-,35-32-,44-41-. The van der Waals surface area contributed by atoms with E-state index in [9.17, 15) is 14.4 Å². The number of hydrogen-bond acceptors (Lipinski definition) is 6. The molecular weight excluding hydrogens is 781 g/mol. The van der Waals surface area contributed by atoms with Gasteiger partial charge in [0.15, 0.2) is 6.10 Å². The molecule has 0 saturated heterocycles. The van der Waals surface area contributed by atoms with Crippen molar-refractivity contribution < 1.29 is 28.6 Å². The molecule has 0 aromatic rings. The largest absolute Gasteiger partial charge is 0.462 e. The molecule has 1 atom stereocenters. The van der Waals surface area contributed by atoms with Gasteiger partial charge in [-0.2, -0.15) is 0 Å². The summed E-state index contributed by atoms with van der Waals surface area (Å²) in [6.07, 6.45) is 66.8. The topological polar surface area (TPSA) is 78.9 Å². The van der Waals surface area contributed by atoms with Crippen LogP contribution >= 0.6 is 0 Å². The maximum absolute atomic E-state index is 12.8. The molecular formula is C57H94O6. The van der Waals surface area contributed by atoms with Crippen LogP contribution in [0.2, 0.25) is 0 Å². The Hall–Kier alpha value is -3.67. The lowest BCUT2D eigenvalue weighted by molar-refractivity contribution is -0.166. The highest BCUT2D eigenvalue weighted by molar-refractivity contribution is 5.71. The summed E-state index contributed by atoms with van der Waals surface area (Å²) in [7, 11) is 0. The molecule has 6 nitrogen and oxygen atoms in total. The Morgan fingerprint density at radius 3 is 1.21 bits per heavy atom. The van der Waals surface area contributed by atoms with Crippen molar-refractivity contribution in [2.75, 3.05) is 13.2 Å². The van der Waals surface area contributed by atoms with Gasteiger partial charge in [-0.05, 0) is 70.6 Å². The van der Waals surface area contributed by atoms with E-state index in [2.05, 4.69) is 106 Å². The van der Waals surface area contributed by atoms with Gasteiger partial charge in [0.05, 0.1) is 0 Å². The summed E-state index contributed by atoms with van der Waals surface area (Å²) < 4.78 is 16.7. The molecule has 0 aliphatic carbocycles. The van der Waals surface area contributed by atoms with Crippen LogP contribution in [0.5, 0.6) is 0 Å². The predicted molar refractivity (Wildman–Crippen MR) is 270 cm³/mol. The third-order valence-corrected chi connectivity index (χ3v) is 10.7. The highest BCUT2D eigenvalue weighted by Gasteiger charge is 2.19. The van der Waals surface area contributed by atoms with Crippen LogP contribution in [0, 0.1) is 0 Å². The second kappa shape index (κ2) is 51.0. The van der Waals surface area contributed by atoms with Crippen molar-refractivity contribution in [3.63, 3.8) is 0 Å². The van der Waals surface area contributed by atoms with E-state index in [0.29, 0.717) is 19.3 Å². The van der Waals surface area contributed by atoms with Gasteiger partial charge in [-0.15, -0.1) is 0 Å². The molecule has 0 bridgehead atoms. The van der Waals surface area contributed by atoms with Crippen molar-refractivity contribution in [1.29, 1.82) is 0 Å². The molecule has 0 spiro atoms. The van der Waals surface area contributed by atoms with Crippen LogP contribution in [0.3, 0.4) is 0 Å². The molecule has 0 aliphatic rings.